The van der Waals surface area contributed by atoms with E-state index in [1.165, 1.54) is 17.5 Å². The smallest absolute Gasteiger partial charge is 0.330 e. The third kappa shape index (κ3) is 2.42. The van der Waals surface area contributed by atoms with Gasteiger partial charge >= 0.3 is 5.69 Å². The Labute approximate surface area is 127 Å². The lowest BCUT2D eigenvalue weighted by molar-refractivity contribution is -0.0549. The lowest BCUT2D eigenvalue weighted by atomic mass is 10.1. The van der Waals surface area contributed by atoms with Crippen LogP contribution in [0.5, 0.6) is 0 Å². The number of rotatable bonds is 3. The molecule has 0 saturated carbocycles. The fourth-order valence-corrected chi connectivity index (χ4v) is 3.12. The fourth-order valence-electron chi connectivity index (χ4n) is 2.39. The average Bonchev–Trinajstić information content (AvgIpc) is 3.10. The van der Waals surface area contributed by atoms with E-state index in [0.29, 0.717) is 4.88 Å². The zero-order chi connectivity index (χ0) is 15.9. The highest BCUT2D eigenvalue weighted by atomic mass is 32.1. The van der Waals surface area contributed by atoms with Crippen molar-refractivity contribution in [3.05, 3.63) is 44.5 Å². The summed E-state index contributed by atoms with van der Waals surface area (Å²) in [4.78, 5) is 26.7. The van der Waals surface area contributed by atoms with Crippen LogP contribution in [0.1, 0.15) is 6.23 Å². The molecule has 0 aliphatic carbocycles. The van der Waals surface area contributed by atoms with Crippen LogP contribution < -0.4 is 11.2 Å². The molecule has 4 N–H and O–H groups in total. The summed E-state index contributed by atoms with van der Waals surface area (Å²) in [5.41, 5.74) is -1.05. The summed E-state index contributed by atoms with van der Waals surface area (Å²) >= 11 is 1.33. The van der Waals surface area contributed by atoms with Gasteiger partial charge in [0.2, 0.25) is 0 Å². The van der Waals surface area contributed by atoms with E-state index in [9.17, 15) is 19.8 Å². The van der Waals surface area contributed by atoms with E-state index in [2.05, 4.69) is 4.98 Å². The zero-order valence-electron chi connectivity index (χ0n) is 11.2. The first-order valence-corrected chi connectivity index (χ1v) is 7.42. The quantitative estimate of drug-likeness (QED) is 0.566. The molecular formula is C13H14N2O6S. The van der Waals surface area contributed by atoms with Gasteiger partial charge in [-0.25, -0.2) is 4.79 Å². The normalized spacial score (nSPS) is 28.1. The van der Waals surface area contributed by atoms with Gasteiger partial charge in [0.15, 0.2) is 6.23 Å². The number of hydrogen-bond acceptors (Lipinski definition) is 7. The topological polar surface area (TPSA) is 125 Å². The first kappa shape index (κ1) is 15.1. The summed E-state index contributed by atoms with van der Waals surface area (Å²) in [6, 6.07) is 3.49. The number of aliphatic hydroxyl groups is 3. The molecule has 0 bridgehead atoms. The van der Waals surface area contributed by atoms with Gasteiger partial charge in [-0.1, -0.05) is 6.07 Å². The van der Waals surface area contributed by atoms with Crippen molar-refractivity contribution in [2.75, 3.05) is 6.61 Å². The highest BCUT2D eigenvalue weighted by Crippen LogP contribution is 2.29. The highest BCUT2D eigenvalue weighted by Gasteiger charge is 2.43. The molecule has 3 heterocycles. The third-order valence-electron chi connectivity index (χ3n) is 3.55. The monoisotopic (exact) mass is 326 g/mol. The molecule has 0 radical (unpaired) electrons. The summed E-state index contributed by atoms with van der Waals surface area (Å²) < 4.78 is 6.32. The van der Waals surface area contributed by atoms with Crippen molar-refractivity contribution >= 4 is 11.3 Å². The molecule has 9 heteroatoms. The van der Waals surface area contributed by atoms with Crippen molar-refractivity contribution in [1.82, 2.24) is 9.55 Å². The van der Waals surface area contributed by atoms with Crippen LogP contribution in [0.25, 0.3) is 10.4 Å². The van der Waals surface area contributed by atoms with Gasteiger partial charge in [0.05, 0.1) is 12.2 Å². The van der Waals surface area contributed by atoms with Crippen molar-refractivity contribution in [3.63, 3.8) is 0 Å². The summed E-state index contributed by atoms with van der Waals surface area (Å²) in [5.74, 6) is 0. The number of ether oxygens (including phenoxy) is 1. The molecule has 2 aromatic heterocycles. The van der Waals surface area contributed by atoms with Crippen molar-refractivity contribution in [3.8, 4) is 10.4 Å². The van der Waals surface area contributed by atoms with Crippen LogP contribution in [0.3, 0.4) is 0 Å². The molecule has 0 aromatic carbocycles. The Morgan fingerprint density at radius 2 is 2.09 bits per heavy atom. The minimum atomic E-state index is -1.39. The largest absolute Gasteiger partial charge is 0.394 e. The van der Waals surface area contributed by atoms with Crippen molar-refractivity contribution in [1.29, 1.82) is 0 Å². The average molecular weight is 326 g/mol. The molecule has 0 amide bonds. The van der Waals surface area contributed by atoms with Crippen molar-refractivity contribution < 1.29 is 20.1 Å². The van der Waals surface area contributed by atoms with Crippen LogP contribution in [0.15, 0.2) is 33.3 Å². The summed E-state index contributed by atoms with van der Waals surface area (Å²) in [6.07, 6.45) is -3.61. The van der Waals surface area contributed by atoms with Crippen molar-refractivity contribution in [2.24, 2.45) is 0 Å². The van der Waals surface area contributed by atoms with Crippen LogP contribution in [0.2, 0.25) is 0 Å². The Balaban J connectivity index is 2.07. The third-order valence-corrected chi connectivity index (χ3v) is 4.45. The number of aromatic nitrogens is 2. The van der Waals surface area contributed by atoms with Crippen LogP contribution in [0.4, 0.5) is 0 Å². The molecule has 3 rings (SSSR count). The van der Waals surface area contributed by atoms with Crippen LogP contribution in [0, 0.1) is 0 Å². The minimum Gasteiger partial charge on any atom is -0.394 e. The van der Waals surface area contributed by atoms with Gasteiger partial charge in [-0.15, -0.1) is 11.3 Å². The molecule has 1 aliphatic rings. The second-order valence-electron chi connectivity index (χ2n) is 4.92. The number of nitrogens with zero attached hydrogens (tertiary/aromatic N) is 1. The van der Waals surface area contributed by atoms with Crippen LogP contribution in [-0.4, -0.2) is 49.8 Å². The second kappa shape index (κ2) is 5.78. The Morgan fingerprint density at radius 1 is 1.32 bits per heavy atom. The number of thiophene rings is 1. The fraction of sp³-hybridized carbons (Fsp3) is 0.385. The SMILES string of the molecule is O=c1[nH]c(=O)n([C@@H]2O[C@H](CO)[C@@H](O)[C@H]2O)cc1-c1cccs1. The van der Waals surface area contributed by atoms with Crippen LogP contribution >= 0.6 is 11.3 Å². The van der Waals surface area contributed by atoms with Gasteiger partial charge in [-0.2, -0.15) is 0 Å². The van der Waals surface area contributed by atoms with Gasteiger partial charge < -0.3 is 20.1 Å². The highest BCUT2D eigenvalue weighted by molar-refractivity contribution is 7.13. The first-order chi connectivity index (χ1) is 10.5. The van der Waals surface area contributed by atoms with E-state index in [-0.39, 0.29) is 5.56 Å². The van der Waals surface area contributed by atoms with Gasteiger partial charge in [-0.05, 0) is 11.4 Å². The van der Waals surface area contributed by atoms with E-state index in [0.717, 1.165) is 4.57 Å². The van der Waals surface area contributed by atoms with E-state index >= 15 is 0 Å². The van der Waals surface area contributed by atoms with Gasteiger partial charge in [0.1, 0.15) is 18.3 Å². The number of aromatic amines is 1. The maximum absolute atomic E-state index is 12.0. The first-order valence-electron chi connectivity index (χ1n) is 6.54. The second-order valence-corrected chi connectivity index (χ2v) is 5.86. The minimum absolute atomic E-state index is 0.257. The lowest BCUT2D eigenvalue weighted by Gasteiger charge is -2.17. The molecule has 0 unspecified atom stereocenters. The molecule has 8 nitrogen and oxygen atoms in total. The number of H-pyrrole nitrogens is 1. The molecule has 1 aliphatic heterocycles. The van der Waals surface area contributed by atoms with E-state index in [1.54, 1.807) is 17.5 Å². The molecule has 118 valence electrons. The summed E-state index contributed by atoms with van der Waals surface area (Å²) in [7, 11) is 0. The van der Waals surface area contributed by atoms with Gasteiger partial charge in [-0.3, -0.25) is 14.3 Å². The molecule has 1 fully saturated rings. The Morgan fingerprint density at radius 3 is 2.68 bits per heavy atom. The number of hydrogen-bond donors (Lipinski definition) is 4. The van der Waals surface area contributed by atoms with Gasteiger partial charge in [0, 0.05) is 11.1 Å². The maximum Gasteiger partial charge on any atom is 0.330 e. The maximum atomic E-state index is 12.0. The Kier molecular flexibility index (Phi) is 3.98. The Bertz CT molecular complexity index is 768. The summed E-state index contributed by atoms with van der Waals surface area (Å²) in [5, 5.41) is 30.6. The standard InChI is InChI=1S/C13H14N2O6S/c16-5-7-9(17)10(18)12(21-7)15-4-6(8-2-1-3-22-8)11(19)14-13(15)20/h1-4,7,9-10,12,16-18H,5H2,(H,14,19,20)/t7-,9-,10-,12-/m1/s1. The van der Waals surface area contributed by atoms with E-state index in [1.807, 2.05) is 0 Å². The van der Waals surface area contributed by atoms with E-state index in [4.69, 9.17) is 9.84 Å². The molecular weight excluding hydrogens is 312 g/mol. The lowest BCUT2D eigenvalue weighted by Crippen LogP contribution is -2.38. The molecule has 2 aromatic rings. The number of aliphatic hydroxyl groups excluding tert-OH is 3. The molecule has 0 spiro atoms. The zero-order valence-corrected chi connectivity index (χ0v) is 12.1. The number of nitrogens with one attached hydrogen (secondary N) is 1. The molecule has 22 heavy (non-hydrogen) atoms. The Hall–Kier alpha value is -1.78. The predicted octanol–water partition coefficient (Wildman–Crippen LogP) is -1.12. The predicted molar refractivity (Wildman–Crippen MR) is 77.6 cm³/mol. The molecule has 4 atom stereocenters. The molecule has 1 saturated heterocycles. The van der Waals surface area contributed by atoms with Gasteiger partial charge in [0.25, 0.3) is 5.56 Å². The van der Waals surface area contributed by atoms with E-state index < -0.39 is 42.4 Å². The summed E-state index contributed by atoms with van der Waals surface area (Å²) in [6.45, 7) is -0.495. The van der Waals surface area contributed by atoms with Crippen LogP contribution in [-0.2, 0) is 4.74 Å². The van der Waals surface area contributed by atoms with Crippen molar-refractivity contribution in [2.45, 2.75) is 24.5 Å².